The molecule has 33 heavy (non-hydrogen) atoms. The molecule has 0 aromatic heterocycles. The molecule has 0 aliphatic carbocycles. The molecule has 0 saturated carbocycles. The molecule has 3 aromatic carbocycles. The number of hydrogen-bond acceptors (Lipinski definition) is 4. The Morgan fingerprint density at radius 2 is 1.64 bits per heavy atom. The van der Waals surface area contributed by atoms with E-state index in [-0.39, 0.29) is 11.6 Å². The summed E-state index contributed by atoms with van der Waals surface area (Å²) in [5.74, 6) is 0.332. The van der Waals surface area contributed by atoms with Gasteiger partial charge in [-0.1, -0.05) is 55.8 Å². The predicted molar refractivity (Wildman–Crippen MR) is 132 cm³/mol. The quantitative estimate of drug-likeness (QED) is 0.434. The average Bonchev–Trinajstić information content (AvgIpc) is 3.04. The summed E-state index contributed by atoms with van der Waals surface area (Å²) in [5, 5.41) is 3.80. The minimum absolute atomic E-state index is 0.227. The van der Waals surface area contributed by atoms with Gasteiger partial charge in [0.05, 0.1) is 17.9 Å². The molecular weight excluding hydrogens is 436 g/mol. The maximum atomic E-state index is 13.5. The molecule has 2 amide bonds. The van der Waals surface area contributed by atoms with Gasteiger partial charge in [0.2, 0.25) is 0 Å². The van der Waals surface area contributed by atoms with Crippen LogP contribution in [0.3, 0.4) is 0 Å². The van der Waals surface area contributed by atoms with Crippen molar-refractivity contribution in [2.24, 2.45) is 5.92 Å². The van der Waals surface area contributed by atoms with Gasteiger partial charge < -0.3 is 10.1 Å². The fourth-order valence-electron chi connectivity index (χ4n) is 3.61. The number of nitrogens with one attached hydrogen (secondary N) is 1. The molecular formula is C27H25ClN2O3. The molecule has 0 fully saturated rings. The van der Waals surface area contributed by atoms with Gasteiger partial charge in [-0.3, -0.25) is 9.59 Å². The molecule has 0 spiro atoms. The van der Waals surface area contributed by atoms with Crippen molar-refractivity contribution < 1.29 is 14.3 Å². The van der Waals surface area contributed by atoms with Crippen molar-refractivity contribution in [3.05, 3.63) is 94.6 Å². The number of rotatable bonds is 7. The van der Waals surface area contributed by atoms with Gasteiger partial charge in [-0.15, -0.1) is 0 Å². The molecule has 1 aliphatic rings. The number of imide groups is 1. The van der Waals surface area contributed by atoms with E-state index in [9.17, 15) is 9.59 Å². The number of carbonyl (C=O) groups excluding carboxylic acids is 2. The van der Waals surface area contributed by atoms with E-state index in [0.717, 1.165) is 5.56 Å². The molecule has 1 heterocycles. The third-order valence-electron chi connectivity index (χ3n) is 5.27. The lowest BCUT2D eigenvalue weighted by Crippen LogP contribution is -2.32. The summed E-state index contributed by atoms with van der Waals surface area (Å²) < 4.78 is 5.77. The van der Waals surface area contributed by atoms with Gasteiger partial charge in [-0.25, -0.2) is 4.90 Å². The fourth-order valence-corrected chi connectivity index (χ4v) is 3.83. The highest BCUT2D eigenvalue weighted by atomic mass is 35.5. The maximum Gasteiger partial charge on any atom is 0.282 e. The highest BCUT2D eigenvalue weighted by Crippen LogP contribution is 2.35. The Bertz CT molecular complexity index is 1220. The number of para-hydroxylation sites is 1. The van der Waals surface area contributed by atoms with E-state index in [1.165, 1.54) is 4.90 Å². The lowest BCUT2D eigenvalue weighted by Gasteiger charge is -2.15. The van der Waals surface area contributed by atoms with Gasteiger partial charge in [0.25, 0.3) is 11.8 Å². The smallest absolute Gasteiger partial charge is 0.282 e. The Morgan fingerprint density at radius 3 is 2.27 bits per heavy atom. The van der Waals surface area contributed by atoms with Crippen LogP contribution < -0.4 is 15.0 Å². The van der Waals surface area contributed by atoms with Crippen LogP contribution >= 0.6 is 11.6 Å². The second-order valence-electron chi connectivity index (χ2n) is 8.34. The molecule has 3 aromatic rings. The third-order valence-corrected chi connectivity index (χ3v) is 5.51. The predicted octanol–water partition coefficient (Wildman–Crippen LogP) is 6.08. The van der Waals surface area contributed by atoms with Crippen molar-refractivity contribution in [2.75, 3.05) is 16.8 Å². The molecule has 168 valence electrons. The Labute approximate surface area is 198 Å². The SMILES string of the molecule is Cc1cc(Cl)ccc1NC1=C(c2ccc(OCC(C)C)cc2)C(=O)N(c2ccccc2)C1=O. The van der Waals surface area contributed by atoms with Gasteiger partial charge >= 0.3 is 0 Å². The van der Waals surface area contributed by atoms with E-state index >= 15 is 0 Å². The van der Waals surface area contributed by atoms with Crippen molar-refractivity contribution in [1.82, 2.24) is 0 Å². The highest BCUT2D eigenvalue weighted by Gasteiger charge is 2.40. The number of hydrogen-bond donors (Lipinski definition) is 1. The second kappa shape index (κ2) is 9.51. The van der Waals surface area contributed by atoms with Crippen molar-refractivity contribution in [1.29, 1.82) is 0 Å². The van der Waals surface area contributed by atoms with Crippen LogP contribution in [0.1, 0.15) is 25.0 Å². The number of benzene rings is 3. The first-order valence-corrected chi connectivity index (χ1v) is 11.2. The molecule has 4 rings (SSSR count). The van der Waals surface area contributed by atoms with Crippen LogP contribution in [0.25, 0.3) is 5.57 Å². The van der Waals surface area contributed by atoms with Crippen LogP contribution in [0.15, 0.2) is 78.5 Å². The van der Waals surface area contributed by atoms with Crippen molar-refractivity contribution >= 4 is 40.4 Å². The Balaban J connectivity index is 1.75. The molecule has 0 atom stereocenters. The van der Waals surface area contributed by atoms with E-state index in [0.29, 0.717) is 45.8 Å². The third kappa shape index (κ3) is 4.78. The molecule has 6 heteroatoms. The summed E-state index contributed by atoms with van der Waals surface area (Å²) >= 11 is 6.09. The topological polar surface area (TPSA) is 58.6 Å². The van der Waals surface area contributed by atoms with E-state index < -0.39 is 5.91 Å². The molecule has 5 nitrogen and oxygen atoms in total. The monoisotopic (exact) mass is 460 g/mol. The number of nitrogens with zero attached hydrogens (tertiary/aromatic N) is 1. The zero-order valence-corrected chi connectivity index (χ0v) is 19.5. The van der Waals surface area contributed by atoms with Crippen LogP contribution in [0, 0.1) is 12.8 Å². The first-order valence-electron chi connectivity index (χ1n) is 10.8. The fraction of sp³-hybridized carbons (Fsp3) is 0.185. The first-order chi connectivity index (χ1) is 15.8. The number of amides is 2. The Hall–Kier alpha value is -3.57. The van der Waals surface area contributed by atoms with E-state index in [1.54, 1.807) is 54.6 Å². The van der Waals surface area contributed by atoms with E-state index in [2.05, 4.69) is 19.2 Å². The zero-order valence-electron chi connectivity index (χ0n) is 18.8. The largest absolute Gasteiger partial charge is 0.493 e. The van der Waals surface area contributed by atoms with Crippen LogP contribution in [-0.4, -0.2) is 18.4 Å². The molecule has 1 aliphatic heterocycles. The van der Waals surface area contributed by atoms with Crippen molar-refractivity contribution in [3.63, 3.8) is 0 Å². The van der Waals surface area contributed by atoms with Crippen LogP contribution in [0.4, 0.5) is 11.4 Å². The Kier molecular flexibility index (Phi) is 6.52. The summed E-state index contributed by atoms with van der Waals surface area (Å²) in [5.41, 5.74) is 3.27. The van der Waals surface area contributed by atoms with E-state index in [1.807, 2.05) is 25.1 Å². The van der Waals surface area contributed by atoms with Gasteiger partial charge in [-0.05, 0) is 66.4 Å². The lowest BCUT2D eigenvalue weighted by atomic mass is 10.0. The summed E-state index contributed by atoms with van der Waals surface area (Å²) in [6.45, 7) is 6.66. The minimum atomic E-state index is -0.407. The van der Waals surface area contributed by atoms with Crippen molar-refractivity contribution in [2.45, 2.75) is 20.8 Å². The molecule has 1 N–H and O–H groups in total. The second-order valence-corrected chi connectivity index (χ2v) is 8.78. The number of ether oxygens (including phenoxy) is 1. The first kappa shape index (κ1) is 22.6. The van der Waals surface area contributed by atoms with Crippen molar-refractivity contribution in [3.8, 4) is 5.75 Å². The molecule has 0 radical (unpaired) electrons. The van der Waals surface area contributed by atoms with Gasteiger partial charge in [0.1, 0.15) is 11.4 Å². The number of carbonyl (C=O) groups is 2. The number of halogens is 1. The van der Waals surface area contributed by atoms with Crippen LogP contribution in [0.5, 0.6) is 5.75 Å². The summed E-state index contributed by atoms with van der Waals surface area (Å²) in [6.07, 6.45) is 0. The summed E-state index contributed by atoms with van der Waals surface area (Å²) in [4.78, 5) is 28.2. The standard InChI is InChI=1S/C27H25ClN2O3/c1-17(2)16-33-22-12-9-19(10-13-22)24-25(29-23-14-11-20(28)15-18(23)3)27(32)30(26(24)31)21-7-5-4-6-8-21/h4-15,17,29H,16H2,1-3H3. The number of anilines is 2. The number of aryl methyl sites for hydroxylation is 1. The normalized spacial score (nSPS) is 13.8. The van der Waals surface area contributed by atoms with E-state index in [4.69, 9.17) is 16.3 Å². The zero-order chi connectivity index (χ0) is 23.5. The van der Waals surface area contributed by atoms with Gasteiger partial charge in [-0.2, -0.15) is 0 Å². The lowest BCUT2D eigenvalue weighted by molar-refractivity contribution is -0.120. The summed E-state index contributed by atoms with van der Waals surface area (Å²) in [7, 11) is 0. The molecule has 0 bridgehead atoms. The minimum Gasteiger partial charge on any atom is -0.493 e. The molecule has 0 saturated heterocycles. The Morgan fingerprint density at radius 1 is 0.939 bits per heavy atom. The molecule has 0 unspecified atom stereocenters. The van der Waals surface area contributed by atoms with Crippen LogP contribution in [-0.2, 0) is 9.59 Å². The van der Waals surface area contributed by atoms with Gasteiger partial charge in [0, 0.05) is 10.7 Å². The average molecular weight is 461 g/mol. The van der Waals surface area contributed by atoms with Crippen LogP contribution in [0.2, 0.25) is 5.02 Å². The maximum absolute atomic E-state index is 13.5. The van der Waals surface area contributed by atoms with Gasteiger partial charge in [0.15, 0.2) is 0 Å². The summed E-state index contributed by atoms with van der Waals surface area (Å²) in [6, 6.07) is 21.5. The highest BCUT2D eigenvalue weighted by molar-refractivity contribution is 6.46.